The number of hydrogen-bond acceptors (Lipinski definition) is 6. The first kappa shape index (κ1) is 21.5. The van der Waals surface area contributed by atoms with Crippen molar-refractivity contribution >= 4 is 39.3 Å². The molecule has 0 radical (unpaired) electrons. The number of carbonyl (C=O) groups excluding carboxylic acids is 2. The number of para-hydroxylation sites is 1. The van der Waals surface area contributed by atoms with Crippen LogP contribution in [0.1, 0.15) is 26.7 Å². The summed E-state index contributed by atoms with van der Waals surface area (Å²) in [7, 11) is -3.54. The quantitative estimate of drug-likeness (QED) is 0.470. The highest BCUT2D eigenvalue weighted by Crippen LogP contribution is 2.24. The molecule has 0 saturated heterocycles. The number of ether oxygens (including phenoxy) is 1. The van der Waals surface area contributed by atoms with Gasteiger partial charge in [0.25, 0.3) is 5.91 Å². The highest BCUT2D eigenvalue weighted by atomic mass is 32.2. The lowest BCUT2D eigenvalue weighted by atomic mass is 10.3. The minimum atomic E-state index is -3.54. The van der Waals surface area contributed by atoms with Gasteiger partial charge in [-0.3, -0.25) is 9.59 Å². The summed E-state index contributed by atoms with van der Waals surface area (Å²) in [5.41, 5.74) is 0.629. The van der Waals surface area contributed by atoms with E-state index < -0.39 is 34.5 Å². The lowest BCUT2D eigenvalue weighted by molar-refractivity contribution is -0.148. The van der Waals surface area contributed by atoms with Crippen LogP contribution in [0.15, 0.2) is 29.2 Å². The Labute approximate surface area is 153 Å². The summed E-state index contributed by atoms with van der Waals surface area (Å²) >= 11 is 1.48. The number of nitrogens with one attached hydrogen (secondary N) is 2. The summed E-state index contributed by atoms with van der Waals surface area (Å²) in [6, 6.07) is 6.20. The van der Waals surface area contributed by atoms with Crippen molar-refractivity contribution in [2.75, 3.05) is 23.9 Å². The molecular formula is C16H24N2O5S2. The zero-order chi connectivity index (χ0) is 18.9. The minimum absolute atomic E-state index is 0.0485. The summed E-state index contributed by atoms with van der Waals surface area (Å²) in [4.78, 5) is 24.6. The molecule has 0 aliphatic carbocycles. The average Bonchev–Trinajstić information content (AvgIpc) is 2.58. The van der Waals surface area contributed by atoms with E-state index in [-0.39, 0.29) is 5.75 Å². The number of anilines is 1. The maximum Gasteiger partial charge on any atom is 0.324 e. The van der Waals surface area contributed by atoms with Gasteiger partial charge < -0.3 is 10.1 Å². The summed E-state index contributed by atoms with van der Waals surface area (Å²) in [6.07, 6.45) is 3.13. The Hall–Kier alpha value is -1.58. The molecule has 7 nitrogen and oxygen atoms in total. The zero-order valence-corrected chi connectivity index (χ0v) is 16.2. The van der Waals surface area contributed by atoms with Gasteiger partial charge in [-0.15, -0.1) is 11.8 Å². The van der Waals surface area contributed by atoms with Crippen LogP contribution in [0, 0.1) is 0 Å². The molecule has 0 fully saturated rings. The van der Waals surface area contributed by atoms with E-state index in [2.05, 4.69) is 10.0 Å². The summed E-state index contributed by atoms with van der Waals surface area (Å²) in [5.74, 6) is -1.34. The average molecular weight is 389 g/mol. The predicted octanol–water partition coefficient (Wildman–Crippen LogP) is 2.00. The number of unbranched alkanes of at least 4 members (excludes halogenated alkanes) is 1. The molecule has 1 atom stereocenters. The molecule has 1 amide bonds. The molecule has 1 rings (SSSR count). The van der Waals surface area contributed by atoms with Gasteiger partial charge in [0.2, 0.25) is 10.0 Å². The number of thioether (sulfide) groups is 1. The Balaban J connectivity index is 2.48. The van der Waals surface area contributed by atoms with Crippen LogP contribution < -0.4 is 10.0 Å². The van der Waals surface area contributed by atoms with Gasteiger partial charge in [0.1, 0.15) is 6.04 Å². The number of carbonyl (C=O) groups is 2. The van der Waals surface area contributed by atoms with Crippen molar-refractivity contribution in [2.24, 2.45) is 0 Å². The molecule has 140 valence electrons. The molecule has 2 N–H and O–H groups in total. The number of sulfonamides is 1. The maximum atomic E-state index is 11.9. The third kappa shape index (κ3) is 7.89. The summed E-state index contributed by atoms with van der Waals surface area (Å²) < 4.78 is 30.6. The highest BCUT2D eigenvalue weighted by Gasteiger charge is 2.21. The second-order valence-electron chi connectivity index (χ2n) is 5.37. The van der Waals surface area contributed by atoms with E-state index in [9.17, 15) is 18.0 Å². The fraction of sp³-hybridized carbons (Fsp3) is 0.500. The van der Waals surface area contributed by atoms with Crippen molar-refractivity contribution in [2.45, 2.75) is 37.6 Å². The van der Waals surface area contributed by atoms with Gasteiger partial charge >= 0.3 is 5.97 Å². The van der Waals surface area contributed by atoms with E-state index in [1.165, 1.54) is 18.7 Å². The van der Waals surface area contributed by atoms with Crippen LogP contribution in [-0.4, -0.2) is 45.0 Å². The van der Waals surface area contributed by atoms with Gasteiger partial charge in [0, 0.05) is 4.90 Å². The van der Waals surface area contributed by atoms with Crippen LogP contribution in [0.2, 0.25) is 0 Å². The highest BCUT2D eigenvalue weighted by molar-refractivity contribution is 7.98. The van der Waals surface area contributed by atoms with Crippen molar-refractivity contribution in [1.29, 1.82) is 0 Å². The Bertz CT molecular complexity index is 692. The Kier molecular flexibility index (Phi) is 8.95. The first-order valence-electron chi connectivity index (χ1n) is 7.88. The van der Waals surface area contributed by atoms with Crippen LogP contribution in [0.5, 0.6) is 0 Å². The maximum absolute atomic E-state index is 11.9. The van der Waals surface area contributed by atoms with Gasteiger partial charge in [0.15, 0.2) is 6.61 Å². The van der Waals surface area contributed by atoms with E-state index in [1.807, 2.05) is 25.3 Å². The first-order valence-corrected chi connectivity index (χ1v) is 10.8. The van der Waals surface area contributed by atoms with Gasteiger partial charge in [0.05, 0.1) is 11.4 Å². The number of amides is 1. The monoisotopic (exact) mass is 388 g/mol. The lowest BCUT2D eigenvalue weighted by Crippen LogP contribution is -2.41. The second kappa shape index (κ2) is 10.4. The number of hydrogen-bond donors (Lipinski definition) is 2. The molecule has 25 heavy (non-hydrogen) atoms. The molecule has 0 aliphatic rings. The van der Waals surface area contributed by atoms with E-state index >= 15 is 0 Å². The standard InChI is InChI=1S/C16H24N2O5S2/c1-4-5-10-25(21,22)18-12(2)16(20)23-11-15(19)17-13-8-6-7-9-14(13)24-3/h6-9,12,18H,4-5,10-11H2,1-3H3,(H,17,19)/t12-/m0/s1. The van der Waals surface area contributed by atoms with Gasteiger partial charge in [-0.1, -0.05) is 25.5 Å². The fourth-order valence-corrected chi connectivity index (χ4v) is 3.88. The second-order valence-corrected chi connectivity index (χ2v) is 8.09. The van der Waals surface area contributed by atoms with Crippen LogP contribution in [-0.2, 0) is 24.3 Å². The molecule has 0 unspecified atom stereocenters. The third-order valence-corrected chi connectivity index (χ3v) is 5.54. The summed E-state index contributed by atoms with van der Waals surface area (Å²) in [6.45, 7) is 2.77. The minimum Gasteiger partial charge on any atom is -0.454 e. The number of benzene rings is 1. The fourth-order valence-electron chi connectivity index (χ4n) is 1.91. The van der Waals surface area contributed by atoms with Crippen LogP contribution >= 0.6 is 11.8 Å². The molecule has 9 heteroatoms. The van der Waals surface area contributed by atoms with Crippen molar-refractivity contribution in [3.05, 3.63) is 24.3 Å². The molecule has 0 saturated carbocycles. The topological polar surface area (TPSA) is 102 Å². The van der Waals surface area contributed by atoms with E-state index in [1.54, 1.807) is 12.1 Å². The first-order chi connectivity index (χ1) is 11.8. The largest absolute Gasteiger partial charge is 0.454 e. The molecule has 0 aromatic heterocycles. The Morgan fingerprint density at radius 2 is 1.96 bits per heavy atom. The molecular weight excluding hydrogens is 364 g/mol. The zero-order valence-electron chi connectivity index (χ0n) is 14.6. The Morgan fingerprint density at radius 3 is 2.60 bits per heavy atom. The van der Waals surface area contributed by atoms with E-state index in [0.29, 0.717) is 12.1 Å². The molecule has 0 heterocycles. The van der Waals surface area contributed by atoms with Crippen LogP contribution in [0.4, 0.5) is 5.69 Å². The predicted molar refractivity (Wildman–Crippen MR) is 99.1 cm³/mol. The number of rotatable bonds is 10. The van der Waals surface area contributed by atoms with Crippen molar-refractivity contribution in [3.8, 4) is 0 Å². The molecule has 0 bridgehead atoms. The molecule has 0 spiro atoms. The van der Waals surface area contributed by atoms with Gasteiger partial charge in [-0.25, -0.2) is 13.1 Å². The Morgan fingerprint density at radius 1 is 1.28 bits per heavy atom. The van der Waals surface area contributed by atoms with Crippen molar-refractivity contribution in [3.63, 3.8) is 0 Å². The third-order valence-electron chi connectivity index (χ3n) is 3.20. The van der Waals surface area contributed by atoms with Crippen molar-refractivity contribution in [1.82, 2.24) is 4.72 Å². The van der Waals surface area contributed by atoms with Crippen molar-refractivity contribution < 1.29 is 22.7 Å². The lowest BCUT2D eigenvalue weighted by Gasteiger charge is -2.14. The summed E-state index contributed by atoms with van der Waals surface area (Å²) in [5, 5.41) is 2.66. The molecule has 1 aromatic rings. The van der Waals surface area contributed by atoms with E-state index in [0.717, 1.165) is 11.3 Å². The molecule has 1 aromatic carbocycles. The molecule has 0 aliphatic heterocycles. The normalized spacial score (nSPS) is 12.4. The smallest absolute Gasteiger partial charge is 0.324 e. The van der Waals surface area contributed by atoms with Crippen LogP contribution in [0.25, 0.3) is 0 Å². The SMILES string of the molecule is CCCCS(=O)(=O)N[C@@H](C)C(=O)OCC(=O)Nc1ccccc1SC. The van der Waals surface area contributed by atoms with Gasteiger partial charge in [-0.2, -0.15) is 0 Å². The van der Waals surface area contributed by atoms with E-state index in [4.69, 9.17) is 4.74 Å². The number of esters is 1. The van der Waals surface area contributed by atoms with Gasteiger partial charge in [-0.05, 0) is 31.7 Å². The van der Waals surface area contributed by atoms with Crippen LogP contribution in [0.3, 0.4) is 0 Å².